The van der Waals surface area contributed by atoms with Gasteiger partial charge in [0.15, 0.2) is 0 Å². The van der Waals surface area contributed by atoms with Crippen LogP contribution in [0, 0.1) is 0 Å². The van der Waals surface area contributed by atoms with Gasteiger partial charge in [0.05, 0.1) is 6.21 Å². The summed E-state index contributed by atoms with van der Waals surface area (Å²) in [7, 11) is 0. The Morgan fingerprint density at radius 3 is 2.29 bits per heavy atom. The number of hydrogen-bond donors (Lipinski definition) is 1. The number of rotatable bonds is 6. The summed E-state index contributed by atoms with van der Waals surface area (Å²) >= 11 is 12.0. The van der Waals surface area contributed by atoms with Crippen LogP contribution in [0.15, 0.2) is 53.8 Å². The third kappa shape index (κ3) is 4.59. The monoisotopic (exact) mass is 485 g/mol. The first-order chi connectivity index (χ1) is 14.3. The molecule has 1 N–H and O–H groups in total. The molecule has 0 aliphatic carbocycles. The number of aromatic nitrogens is 1. The molecule has 12 heteroatoms. The van der Waals surface area contributed by atoms with Crippen LogP contribution in [0.5, 0.6) is 0 Å². The molecule has 0 amide bonds. The molecule has 0 unspecified atom stereocenters. The maximum Gasteiger partial charge on any atom is 0.462 e. The highest BCUT2D eigenvalue weighted by Crippen LogP contribution is 2.45. The van der Waals surface area contributed by atoms with Gasteiger partial charge in [-0.3, -0.25) is 0 Å². The molecule has 3 rings (SSSR count). The topological polar surface area (TPSA) is 29.3 Å². The highest BCUT2D eigenvalue weighted by atomic mass is 35.5. The fourth-order valence-corrected chi connectivity index (χ4v) is 3.24. The number of hydrazone groups is 1. The molecule has 0 aliphatic heterocycles. The van der Waals surface area contributed by atoms with Gasteiger partial charge in [0.2, 0.25) is 0 Å². The normalized spacial score (nSPS) is 13.3. The Hall–Kier alpha value is -2.46. The molecular weight excluding hydrogens is 474 g/mol. The van der Waals surface area contributed by atoms with Gasteiger partial charge >= 0.3 is 18.1 Å². The Morgan fingerprint density at radius 2 is 1.65 bits per heavy atom. The summed E-state index contributed by atoms with van der Waals surface area (Å²) in [5, 5.41) is 4.25. The van der Waals surface area contributed by atoms with E-state index in [4.69, 9.17) is 23.2 Å². The lowest BCUT2D eigenvalue weighted by molar-refractivity contribution is -0.361. The number of alkyl halides is 7. The molecule has 1 heterocycles. The summed E-state index contributed by atoms with van der Waals surface area (Å²) in [6, 6.07) is 5.88. The van der Waals surface area contributed by atoms with Crippen LogP contribution in [0.1, 0.15) is 11.1 Å². The van der Waals surface area contributed by atoms with E-state index in [1.165, 1.54) is 6.20 Å². The number of nitrogens with zero attached hydrogens (tertiary/aromatic N) is 2. The minimum Gasteiger partial charge on any atom is -0.342 e. The van der Waals surface area contributed by atoms with Gasteiger partial charge in [-0.15, -0.1) is 0 Å². The SMILES string of the molecule is FC(F)(F)C(F)(F)C(F)(F)N/N=C\c1cn(Cc2ccc(Cl)cc2Cl)c2ccccc12. The third-order valence-corrected chi connectivity index (χ3v) is 4.92. The summed E-state index contributed by atoms with van der Waals surface area (Å²) in [4.78, 5) is 0. The van der Waals surface area contributed by atoms with Gasteiger partial charge in [-0.25, -0.2) is 5.43 Å². The molecule has 31 heavy (non-hydrogen) atoms. The van der Waals surface area contributed by atoms with Gasteiger partial charge in [0, 0.05) is 39.3 Å². The number of benzene rings is 2. The summed E-state index contributed by atoms with van der Waals surface area (Å²) in [5.74, 6) is -6.31. The first kappa shape index (κ1) is 23.2. The standard InChI is InChI=1S/C19H12Cl2F7N3/c20-13-6-5-11(15(21)7-13)9-31-10-12(14-3-1-2-4-16(14)31)8-29-30-19(27,28)17(22,23)18(24,25)26/h1-8,10,30H,9H2/b29-8-. The zero-order chi connectivity index (χ0) is 23.0. The molecule has 0 bridgehead atoms. The second-order valence-electron chi connectivity index (χ2n) is 6.48. The number of para-hydroxylation sites is 1. The first-order valence-corrected chi connectivity index (χ1v) is 9.23. The van der Waals surface area contributed by atoms with Crippen molar-refractivity contribution < 1.29 is 30.7 Å². The van der Waals surface area contributed by atoms with E-state index < -0.39 is 18.1 Å². The van der Waals surface area contributed by atoms with E-state index >= 15 is 0 Å². The molecule has 0 fully saturated rings. The van der Waals surface area contributed by atoms with Crippen LogP contribution >= 0.6 is 23.2 Å². The van der Waals surface area contributed by atoms with Gasteiger partial charge in [-0.2, -0.15) is 35.8 Å². The fourth-order valence-electron chi connectivity index (χ4n) is 2.77. The maximum atomic E-state index is 13.4. The van der Waals surface area contributed by atoms with Gasteiger partial charge < -0.3 is 4.57 Å². The summed E-state index contributed by atoms with van der Waals surface area (Å²) in [5.41, 5.74) is 2.13. The molecule has 0 saturated heterocycles. The van der Waals surface area contributed by atoms with Crippen LogP contribution in [-0.4, -0.2) is 28.9 Å². The second kappa shape index (κ2) is 8.23. The van der Waals surface area contributed by atoms with Crippen LogP contribution in [-0.2, 0) is 6.54 Å². The van der Waals surface area contributed by atoms with E-state index in [2.05, 4.69) is 5.10 Å². The second-order valence-corrected chi connectivity index (χ2v) is 7.33. The van der Waals surface area contributed by atoms with Crippen molar-refractivity contribution in [1.29, 1.82) is 0 Å². The molecule has 0 spiro atoms. The lowest BCUT2D eigenvalue weighted by Gasteiger charge is -2.27. The number of halogens is 9. The Labute approximate surface area is 181 Å². The van der Waals surface area contributed by atoms with E-state index in [1.54, 1.807) is 47.0 Å². The average molecular weight is 486 g/mol. The minimum absolute atomic E-state index is 0.208. The predicted octanol–water partition coefficient (Wildman–Crippen LogP) is 6.71. The molecule has 0 radical (unpaired) electrons. The van der Waals surface area contributed by atoms with Crippen molar-refractivity contribution in [3.63, 3.8) is 0 Å². The Morgan fingerprint density at radius 1 is 0.968 bits per heavy atom. The van der Waals surface area contributed by atoms with Crippen molar-refractivity contribution in [2.24, 2.45) is 5.10 Å². The van der Waals surface area contributed by atoms with Gasteiger partial charge in [-0.05, 0) is 23.8 Å². The lowest BCUT2D eigenvalue weighted by atomic mass is 10.2. The zero-order valence-electron chi connectivity index (χ0n) is 15.2. The zero-order valence-corrected chi connectivity index (χ0v) is 16.7. The predicted molar refractivity (Wildman–Crippen MR) is 104 cm³/mol. The van der Waals surface area contributed by atoms with Crippen LogP contribution in [0.4, 0.5) is 30.7 Å². The van der Waals surface area contributed by atoms with Crippen LogP contribution < -0.4 is 5.43 Å². The Balaban J connectivity index is 1.90. The van der Waals surface area contributed by atoms with E-state index in [0.29, 0.717) is 31.9 Å². The molecule has 3 aromatic rings. The number of nitrogens with one attached hydrogen (secondary N) is 1. The molecule has 3 nitrogen and oxygen atoms in total. The quantitative estimate of drug-likeness (QED) is 0.179. The van der Waals surface area contributed by atoms with Crippen molar-refractivity contribution in [3.05, 3.63) is 69.8 Å². The number of fused-ring (bicyclic) bond motifs is 1. The third-order valence-electron chi connectivity index (χ3n) is 4.33. The van der Waals surface area contributed by atoms with Crippen LogP contribution in [0.2, 0.25) is 10.0 Å². The first-order valence-electron chi connectivity index (χ1n) is 8.48. The summed E-state index contributed by atoms with van der Waals surface area (Å²) in [6.45, 7) is 0.250. The molecule has 0 aliphatic rings. The molecule has 0 saturated carbocycles. The van der Waals surface area contributed by atoms with Gasteiger partial charge in [0.1, 0.15) is 0 Å². The minimum atomic E-state index is -6.45. The van der Waals surface area contributed by atoms with Crippen molar-refractivity contribution in [2.45, 2.75) is 24.7 Å². The van der Waals surface area contributed by atoms with E-state index in [1.807, 2.05) is 0 Å². The molecular formula is C19H12Cl2F7N3. The van der Waals surface area contributed by atoms with Crippen molar-refractivity contribution >= 4 is 40.3 Å². The van der Waals surface area contributed by atoms with Crippen molar-refractivity contribution in [3.8, 4) is 0 Å². The van der Waals surface area contributed by atoms with E-state index in [9.17, 15) is 30.7 Å². The molecule has 0 atom stereocenters. The maximum absolute atomic E-state index is 13.4. The molecule has 2 aromatic carbocycles. The lowest BCUT2D eigenvalue weighted by Crippen LogP contribution is -2.58. The summed E-state index contributed by atoms with van der Waals surface area (Å²) in [6.07, 6.45) is -4.24. The average Bonchev–Trinajstić information content (AvgIpc) is 3.01. The van der Waals surface area contributed by atoms with Crippen molar-refractivity contribution in [1.82, 2.24) is 9.99 Å². The largest absolute Gasteiger partial charge is 0.462 e. The van der Waals surface area contributed by atoms with E-state index in [-0.39, 0.29) is 12.1 Å². The highest BCUT2D eigenvalue weighted by Gasteiger charge is 2.73. The van der Waals surface area contributed by atoms with E-state index in [0.717, 1.165) is 6.21 Å². The Bertz CT molecular complexity index is 1120. The Kier molecular flexibility index (Phi) is 6.16. The highest BCUT2D eigenvalue weighted by molar-refractivity contribution is 6.35. The van der Waals surface area contributed by atoms with Crippen LogP contribution in [0.25, 0.3) is 10.9 Å². The van der Waals surface area contributed by atoms with Gasteiger partial charge in [-0.1, -0.05) is 47.5 Å². The smallest absolute Gasteiger partial charge is 0.342 e. The molecule has 1 aromatic heterocycles. The summed E-state index contributed by atoms with van der Waals surface area (Å²) < 4.78 is 91.0. The molecule has 166 valence electrons. The fraction of sp³-hybridized carbons (Fsp3) is 0.211. The van der Waals surface area contributed by atoms with Crippen molar-refractivity contribution in [2.75, 3.05) is 0 Å². The number of hydrogen-bond acceptors (Lipinski definition) is 2. The van der Waals surface area contributed by atoms with Gasteiger partial charge in [0.25, 0.3) is 0 Å². The van der Waals surface area contributed by atoms with Crippen LogP contribution in [0.3, 0.4) is 0 Å².